The number of ether oxygens (including phenoxy) is 1. The first kappa shape index (κ1) is 24.6. The summed E-state index contributed by atoms with van der Waals surface area (Å²) in [4.78, 5) is 4.22. The predicted octanol–water partition coefficient (Wildman–Crippen LogP) is 4.27. The summed E-state index contributed by atoms with van der Waals surface area (Å²) in [5, 5.41) is 10.1. The molecule has 2 aromatic rings. The number of methoxy groups -OCH3 is 1. The second-order valence-electron chi connectivity index (χ2n) is 9.03. The number of nitrogens with zero attached hydrogens (tertiary/aromatic N) is 2. The molecule has 0 radical (unpaired) electrons. The van der Waals surface area contributed by atoms with Gasteiger partial charge in [-0.15, -0.1) is 0 Å². The molecular formula is C27H31F3N2O2. The van der Waals surface area contributed by atoms with Crippen LogP contribution in [0.15, 0.2) is 48.5 Å². The van der Waals surface area contributed by atoms with E-state index in [2.05, 4.69) is 16.7 Å². The molecule has 0 aromatic heterocycles. The van der Waals surface area contributed by atoms with Gasteiger partial charge >= 0.3 is 6.18 Å². The lowest BCUT2D eigenvalue weighted by Crippen LogP contribution is -2.67. The second-order valence-corrected chi connectivity index (χ2v) is 9.03. The maximum absolute atomic E-state index is 12.8. The Morgan fingerprint density at radius 1 is 1.03 bits per heavy atom. The van der Waals surface area contributed by atoms with Gasteiger partial charge in [0, 0.05) is 36.7 Å². The van der Waals surface area contributed by atoms with Gasteiger partial charge in [-0.1, -0.05) is 36.1 Å². The van der Waals surface area contributed by atoms with Gasteiger partial charge in [-0.2, -0.15) is 13.2 Å². The van der Waals surface area contributed by atoms with E-state index in [9.17, 15) is 18.3 Å². The van der Waals surface area contributed by atoms with E-state index < -0.39 is 12.6 Å². The highest BCUT2D eigenvalue weighted by atomic mass is 19.4. The van der Waals surface area contributed by atoms with Crippen molar-refractivity contribution in [3.63, 3.8) is 0 Å². The van der Waals surface area contributed by atoms with Crippen molar-refractivity contribution in [2.75, 3.05) is 39.9 Å². The molecule has 2 aliphatic rings. The van der Waals surface area contributed by atoms with E-state index in [4.69, 9.17) is 4.74 Å². The Bertz CT molecular complexity index is 1010. The van der Waals surface area contributed by atoms with E-state index in [1.54, 1.807) is 7.11 Å². The van der Waals surface area contributed by atoms with Gasteiger partial charge in [-0.3, -0.25) is 4.90 Å². The average molecular weight is 473 g/mol. The molecule has 1 N–H and O–H groups in total. The summed E-state index contributed by atoms with van der Waals surface area (Å²) in [6, 6.07) is 15.7. The van der Waals surface area contributed by atoms with Crippen molar-refractivity contribution in [3.8, 4) is 17.6 Å². The average Bonchev–Trinajstić information content (AvgIpc) is 2.81. The third kappa shape index (κ3) is 5.75. The van der Waals surface area contributed by atoms with Crippen LogP contribution in [0.1, 0.15) is 41.9 Å². The third-order valence-electron chi connectivity index (χ3n) is 6.91. The Balaban J connectivity index is 1.49. The maximum atomic E-state index is 12.8. The van der Waals surface area contributed by atoms with Gasteiger partial charge in [-0.05, 0) is 55.8 Å². The van der Waals surface area contributed by atoms with Crippen LogP contribution >= 0.6 is 0 Å². The molecule has 4 nitrogen and oxygen atoms in total. The fourth-order valence-electron chi connectivity index (χ4n) is 5.18. The minimum absolute atomic E-state index is 0.00178. The van der Waals surface area contributed by atoms with Crippen molar-refractivity contribution in [2.45, 2.75) is 43.4 Å². The van der Waals surface area contributed by atoms with Crippen LogP contribution in [0.25, 0.3) is 0 Å². The molecule has 2 saturated heterocycles. The molecule has 34 heavy (non-hydrogen) atoms. The molecule has 0 aliphatic carbocycles. The number of aliphatic hydroxyl groups excluding tert-OH is 1. The molecule has 2 aromatic carbocycles. The van der Waals surface area contributed by atoms with Gasteiger partial charge in [0.25, 0.3) is 0 Å². The smallest absolute Gasteiger partial charge is 0.390 e. The van der Waals surface area contributed by atoms with Crippen molar-refractivity contribution in [3.05, 3.63) is 65.2 Å². The molecule has 2 heterocycles. The van der Waals surface area contributed by atoms with Crippen molar-refractivity contribution in [2.24, 2.45) is 0 Å². The quantitative estimate of drug-likeness (QED) is 0.660. The van der Waals surface area contributed by atoms with Gasteiger partial charge in [-0.25, -0.2) is 0 Å². The van der Waals surface area contributed by atoms with Crippen molar-refractivity contribution < 1.29 is 23.0 Å². The highest BCUT2D eigenvalue weighted by molar-refractivity contribution is 5.50. The van der Waals surface area contributed by atoms with Gasteiger partial charge < -0.3 is 14.7 Å². The van der Waals surface area contributed by atoms with E-state index in [0.717, 1.165) is 41.8 Å². The number of hydrogen-bond donors (Lipinski definition) is 1. The molecule has 2 aliphatic heterocycles. The van der Waals surface area contributed by atoms with E-state index in [-0.39, 0.29) is 31.2 Å². The summed E-state index contributed by atoms with van der Waals surface area (Å²) in [6.45, 7) is 2.23. The Morgan fingerprint density at radius 2 is 1.76 bits per heavy atom. The normalized spacial score (nSPS) is 23.6. The summed E-state index contributed by atoms with van der Waals surface area (Å²) >= 11 is 0. The van der Waals surface area contributed by atoms with Crippen LogP contribution in [0.5, 0.6) is 5.75 Å². The van der Waals surface area contributed by atoms with E-state index >= 15 is 0 Å². The molecule has 4 rings (SSSR count). The Kier molecular flexibility index (Phi) is 7.82. The first-order valence-electron chi connectivity index (χ1n) is 11.8. The molecule has 0 spiro atoms. The number of alkyl halides is 3. The Hall–Kier alpha value is -2.53. The zero-order chi connectivity index (χ0) is 24.1. The van der Waals surface area contributed by atoms with Crippen LogP contribution in [0, 0.1) is 11.8 Å². The molecule has 2 fully saturated rings. The number of para-hydroxylation sites is 1. The molecule has 7 heteroatoms. The minimum atomic E-state index is -4.14. The highest BCUT2D eigenvalue weighted by Crippen LogP contribution is 2.42. The molecule has 0 amide bonds. The number of fused-ring (bicyclic) bond motifs is 1. The van der Waals surface area contributed by atoms with E-state index in [1.165, 1.54) is 0 Å². The fourth-order valence-corrected chi connectivity index (χ4v) is 5.18. The van der Waals surface area contributed by atoms with Gasteiger partial charge in [0.05, 0.1) is 25.7 Å². The molecule has 182 valence electrons. The Morgan fingerprint density at radius 3 is 2.47 bits per heavy atom. The lowest BCUT2D eigenvalue weighted by Gasteiger charge is -2.57. The largest absolute Gasteiger partial charge is 0.495 e. The monoisotopic (exact) mass is 472 g/mol. The minimum Gasteiger partial charge on any atom is -0.495 e. The standard InChI is InChI=1S/C27H31F3N2O2/c1-34-25-7-3-2-6-21(25)11-8-20-9-12-22(13-10-20)26-23-18-31(17-14-27(28,29)30)15-4-5-16-32(23)24(26)19-33/h2-3,6-7,9-10,12-13,23-24,26,33H,4-5,14-19H2,1H3/t23-,24-,26+/m0/s1. The van der Waals surface area contributed by atoms with Crippen LogP contribution in [-0.4, -0.2) is 73.1 Å². The van der Waals surface area contributed by atoms with Gasteiger partial charge in [0.2, 0.25) is 0 Å². The van der Waals surface area contributed by atoms with Crippen molar-refractivity contribution in [1.82, 2.24) is 9.80 Å². The summed E-state index contributed by atoms with van der Waals surface area (Å²) in [5.41, 5.74) is 2.79. The van der Waals surface area contributed by atoms with Crippen LogP contribution in [0.3, 0.4) is 0 Å². The zero-order valence-corrected chi connectivity index (χ0v) is 19.4. The van der Waals surface area contributed by atoms with Crippen LogP contribution in [0.2, 0.25) is 0 Å². The van der Waals surface area contributed by atoms with Crippen molar-refractivity contribution >= 4 is 0 Å². The lowest BCUT2D eigenvalue weighted by atomic mass is 9.74. The molecule has 0 bridgehead atoms. The lowest BCUT2D eigenvalue weighted by molar-refractivity contribution is -0.140. The molecule has 0 unspecified atom stereocenters. The first-order valence-corrected chi connectivity index (χ1v) is 11.8. The van der Waals surface area contributed by atoms with Crippen LogP contribution in [0.4, 0.5) is 13.2 Å². The maximum Gasteiger partial charge on any atom is 0.390 e. The number of aliphatic hydroxyl groups is 1. The highest BCUT2D eigenvalue weighted by Gasteiger charge is 2.49. The SMILES string of the molecule is COc1ccccc1C#Cc1ccc([C@H]2[C@H](CO)N3CCCCN(CCC(F)(F)F)C[C@@H]23)cc1. The zero-order valence-electron chi connectivity index (χ0n) is 19.4. The molecule has 0 saturated carbocycles. The van der Waals surface area contributed by atoms with E-state index in [0.29, 0.717) is 13.1 Å². The fraction of sp³-hybridized carbons (Fsp3) is 0.481. The number of rotatable bonds is 5. The predicted molar refractivity (Wildman–Crippen MR) is 126 cm³/mol. The van der Waals surface area contributed by atoms with E-state index in [1.807, 2.05) is 53.4 Å². The topological polar surface area (TPSA) is 35.9 Å². The number of hydrogen-bond acceptors (Lipinski definition) is 4. The van der Waals surface area contributed by atoms with Gasteiger partial charge in [0.1, 0.15) is 5.75 Å². The molecular weight excluding hydrogens is 441 g/mol. The first-order chi connectivity index (χ1) is 16.4. The number of halogens is 3. The summed E-state index contributed by atoms with van der Waals surface area (Å²) in [7, 11) is 1.62. The van der Waals surface area contributed by atoms with Gasteiger partial charge in [0.15, 0.2) is 0 Å². The summed E-state index contributed by atoms with van der Waals surface area (Å²) in [6.07, 6.45) is -3.12. The summed E-state index contributed by atoms with van der Waals surface area (Å²) in [5.74, 6) is 7.14. The van der Waals surface area contributed by atoms with Crippen LogP contribution < -0.4 is 4.74 Å². The molecule has 3 atom stereocenters. The third-order valence-corrected chi connectivity index (χ3v) is 6.91. The number of benzene rings is 2. The van der Waals surface area contributed by atoms with Crippen LogP contribution in [-0.2, 0) is 0 Å². The second kappa shape index (κ2) is 10.8. The Labute approximate surface area is 199 Å². The summed E-state index contributed by atoms with van der Waals surface area (Å²) < 4.78 is 43.8. The van der Waals surface area contributed by atoms with Crippen molar-refractivity contribution in [1.29, 1.82) is 0 Å².